The number of nitrogens with one attached hydrogen (secondary N) is 1. The average Bonchev–Trinajstić information content (AvgIpc) is 2.01. The predicted molar refractivity (Wildman–Crippen MR) is 69.0 cm³/mol. The molecule has 0 saturated heterocycles. The van der Waals surface area contributed by atoms with Crippen molar-refractivity contribution in [3.05, 3.63) is 0 Å². The molecule has 0 spiro atoms. The van der Waals surface area contributed by atoms with E-state index in [0.29, 0.717) is 0 Å². The fourth-order valence-electron chi connectivity index (χ4n) is 0.248. The zero-order valence-corrected chi connectivity index (χ0v) is 12.5. The molecule has 0 bridgehead atoms. The molecule has 0 heterocycles. The van der Waals surface area contributed by atoms with Gasteiger partial charge < -0.3 is 0 Å². The van der Waals surface area contributed by atoms with Crippen LogP contribution < -0.4 is 5.32 Å². The second-order valence-corrected chi connectivity index (χ2v) is 5.69. The molecule has 0 atom stereocenters. The minimum Gasteiger partial charge on any atom is -0.297 e. The van der Waals surface area contributed by atoms with E-state index in [1.807, 2.05) is 5.32 Å². The Morgan fingerprint density at radius 3 is 1.24 bits per heavy atom. The number of sulfonamides is 1. The van der Waals surface area contributed by atoms with Crippen molar-refractivity contribution in [1.82, 2.24) is 9.62 Å². The Kier molecular flexibility index (Phi) is 14.5. The quantitative estimate of drug-likeness (QED) is 0.754. The first kappa shape index (κ1) is 21.3. The second kappa shape index (κ2) is 11.5. The molecule has 7 heteroatoms. The zero-order valence-electron chi connectivity index (χ0n) is 11.7. The first-order valence-electron chi connectivity index (χ1n) is 5.14. The van der Waals surface area contributed by atoms with E-state index < -0.39 is 10.0 Å². The minimum atomic E-state index is -2.91. The Bertz CT molecular complexity index is 298. The third kappa shape index (κ3) is 31.3. The van der Waals surface area contributed by atoms with Crippen LogP contribution >= 0.6 is 0 Å². The van der Waals surface area contributed by atoms with E-state index in [4.69, 9.17) is 0 Å². The van der Waals surface area contributed by atoms with Gasteiger partial charge in [0.1, 0.15) is 0 Å². The molecule has 1 N–H and O–H groups in total. The van der Waals surface area contributed by atoms with Crippen LogP contribution in [0.5, 0.6) is 0 Å². The van der Waals surface area contributed by atoms with Crippen LogP contribution in [0.4, 0.5) is 0 Å². The van der Waals surface area contributed by atoms with Crippen LogP contribution in [-0.2, 0) is 19.6 Å². The molecule has 0 aromatic carbocycles. The highest BCUT2D eigenvalue weighted by molar-refractivity contribution is 7.88. The summed E-state index contributed by atoms with van der Waals surface area (Å²) in [4.78, 5) is 19.8. The highest BCUT2D eigenvalue weighted by atomic mass is 32.2. The third-order valence-electron chi connectivity index (χ3n) is 1.02. The van der Waals surface area contributed by atoms with Crippen LogP contribution in [0.3, 0.4) is 0 Å². The van der Waals surface area contributed by atoms with Crippen molar-refractivity contribution < 1.29 is 18.0 Å². The first-order valence-corrected chi connectivity index (χ1v) is 6.99. The van der Waals surface area contributed by atoms with E-state index in [9.17, 15) is 18.0 Å². The van der Waals surface area contributed by atoms with E-state index in [1.54, 1.807) is 0 Å². The monoisotopic (exact) mass is 268 g/mol. The third-order valence-corrected chi connectivity index (χ3v) is 2.34. The zero-order chi connectivity index (χ0) is 14.6. The molecule has 0 aromatic rings. The van der Waals surface area contributed by atoms with Gasteiger partial charge in [0.25, 0.3) is 0 Å². The largest absolute Gasteiger partial charge is 0.297 e. The molecule has 0 aliphatic rings. The van der Waals surface area contributed by atoms with Gasteiger partial charge in [-0.25, -0.2) is 12.7 Å². The van der Waals surface area contributed by atoms with Gasteiger partial charge in [-0.15, -0.1) is 0 Å². The van der Waals surface area contributed by atoms with Gasteiger partial charge in [0.05, 0.1) is 6.26 Å². The average molecular weight is 268 g/mol. The van der Waals surface area contributed by atoms with Crippen molar-refractivity contribution >= 4 is 21.8 Å². The topological polar surface area (TPSA) is 83.6 Å². The Balaban J connectivity index is -0.000000188. The van der Waals surface area contributed by atoms with Gasteiger partial charge in [-0.3, -0.25) is 14.9 Å². The summed E-state index contributed by atoms with van der Waals surface area (Å²) >= 11 is 0. The van der Waals surface area contributed by atoms with Crippen molar-refractivity contribution in [3.63, 3.8) is 0 Å². The lowest BCUT2D eigenvalue weighted by molar-refractivity contribution is -0.127. The van der Waals surface area contributed by atoms with Gasteiger partial charge in [0.2, 0.25) is 21.8 Å². The second-order valence-electron chi connectivity index (χ2n) is 3.49. The first-order chi connectivity index (χ1) is 7.48. The van der Waals surface area contributed by atoms with Crippen LogP contribution in [-0.4, -0.2) is 44.9 Å². The van der Waals surface area contributed by atoms with Gasteiger partial charge in [-0.05, 0) is 0 Å². The van der Waals surface area contributed by atoms with Crippen molar-refractivity contribution in [2.45, 2.75) is 34.1 Å². The molecule has 2 amide bonds. The van der Waals surface area contributed by atoms with E-state index in [1.165, 1.54) is 34.4 Å². The number of carbonyl (C=O) groups excluding carboxylic acids is 2. The summed E-state index contributed by atoms with van der Waals surface area (Å²) in [6, 6.07) is 0. The SMILES string of the molecule is CC(=O)NC(C)=O.CCC.CN(C)S(C)(=O)=O. The maximum absolute atomic E-state index is 10.3. The fourth-order valence-corrected chi connectivity index (χ4v) is 0.248. The summed E-state index contributed by atoms with van der Waals surface area (Å²) in [5.74, 6) is -0.625. The number of carbonyl (C=O) groups is 2. The number of hydrogen-bond acceptors (Lipinski definition) is 4. The molecule has 17 heavy (non-hydrogen) atoms. The molecular formula is C10H24N2O4S. The molecule has 0 rings (SSSR count). The van der Waals surface area contributed by atoms with Gasteiger partial charge in [0, 0.05) is 27.9 Å². The molecule has 0 radical (unpaired) electrons. The van der Waals surface area contributed by atoms with Gasteiger partial charge in [0.15, 0.2) is 0 Å². The minimum absolute atomic E-state index is 0.312. The summed E-state index contributed by atoms with van der Waals surface area (Å²) in [6.45, 7) is 6.84. The molecule has 0 unspecified atom stereocenters. The summed E-state index contributed by atoms with van der Waals surface area (Å²) in [7, 11) is 0.0833. The Hall–Kier alpha value is -0.950. The van der Waals surface area contributed by atoms with Gasteiger partial charge in [-0.2, -0.15) is 0 Å². The highest BCUT2D eigenvalue weighted by Gasteiger charge is 2.00. The number of rotatable bonds is 1. The number of nitrogens with zero attached hydrogens (tertiary/aromatic N) is 1. The van der Waals surface area contributed by atoms with Crippen molar-refractivity contribution in [2.24, 2.45) is 0 Å². The smallest absolute Gasteiger partial charge is 0.223 e. The van der Waals surface area contributed by atoms with Gasteiger partial charge in [-0.1, -0.05) is 20.3 Å². The Morgan fingerprint density at radius 1 is 1.06 bits per heavy atom. The van der Waals surface area contributed by atoms with Crippen molar-refractivity contribution in [2.75, 3.05) is 20.4 Å². The molecule has 0 fully saturated rings. The highest BCUT2D eigenvalue weighted by Crippen LogP contribution is 1.82. The van der Waals surface area contributed by atoms with E-state index in [2.05, 4.69) is 13.8 Å². The van der Waals surface area contributed by atoms with Crippen LogP contribution in [0, 0.1) is 0 Å². The molecule has 104 valence electrons. The summed E-state index contributed by atoms with van der Waals surface area (Å²) < 4.78 is 21.7. The lowest BCUT2D eigenvalue weighted by Gasteiger charge is -2.02. The molecular weight excluding hydrogens is 244 g/mol. The lowest BCUT2D eigenvalue weighted by atomic mass is 10.6. The predicted octanol–water partition coefficient (Wildman–Crippen LogP) is 0.593. The number of hydrogen-bond donors (Lipinski definition) is 1. The standard InChI is InChI=1S/C4H7NO2.C3H9NO2S.C3H8/c1-3(6)5-4(2)7;1-4(2)7(3,5)6;1-3-2/h1-2H3,(H,5,6,7);1-3H3;3H2,1-2H3. The van der Waals surface area contributed by atoms with Crippen LogP contribution in [0.1, 0.15) is 34.1 Å². The van der Waals surface area contributed by atoms with Crippen LogP contribution in [0.25, 0.3) is 0 Å². The Morgan fingerprint density at radius 2 is 1.24 bits per heavy atom. The fraction of sp³-hybridized carbons (Fsp3) is 0.800. The summed E-state index contributed by atoms with van der Waals surface area (Å²) in [5.41, 5.74) is 0. The molecule has 0 saturated carbocycles. The number of amides is 2. The molecule has 0 aromatic heterocycles. The number of imide groups is 1. The Labute approximate surface area is 104 Å². The van der Waals surface area contributed by atoms with Crippen molar-refractivity contribution in [1.29, 1.82) is 0 Å². The maximum atomic E-state index is 10.3. The van der Waals surface area contributed by atoms with Crippen molar-refractivity contribution in [3.8, 4) is 0 Å². The van der Waals surface area contributed by atoms with Crippen LogP contribution in [0.15, 0.2) is 0 Å². The van der Waals surface area contributed by atoms with E-state index in [0.717, 1.165) is 10.6 Å². The molecule has 6 nitrogen and oxygen atoms in total. The van der Waals surface area contributed by atoms with E-state index >= 15 is 0 Å². The molecule has 0 aliphatic carbocycles. The van der Waals surface area contributed by atoms with E-state index in [-0.39, 0.29) is 11.8 Å². The summed E-state index contributed by atoms with van der Waals surface area (Å²) in [5, 5.41) is 2.03. The lowest BCUT2D eigenvalue weighted by Crippen LogP contribution is -2.24. The van der Waals surface area contributed by atoms with Crippen LogP contribution in [0.2, 0.25) is 0 Å². The maximum Gasteiger partial charge on any atom is 0.223 e. The summed E-state index contributed by atoms with van der Waals surface area (Å²) in [6.07, 6.45) is 2.41. The van der Waals surface area contributed by atoms with Gasteiger partial charge >= 0.3 is 0 Å². The molecule has 0 aliphatic heterocycles. The normalized spacial score (nSPS) is 9.41.